The van der Waals surface area contributed by atoms with Gasteiger partial charge in [0, 0.05) is 29.8 Å². The Balaban J connectivity index is 1.74. The molecule has 0 spiro atoms. The van der Waals surface area contributed by atoms with Crippen LogP contribution in [0, 0.1) is 23.0 Å². The Morgan fingerprint density at radius 1 is 1.39 bits per heavy atom. The van der Waals surface area contributed by atoms with Crippen LogP contribution in [0.5, 0.6) is 11.6 Å². The van der Waals surface area contributed by atoms with E-state index in [4.69, 9.17) is 4.74 Å². The van der Waals surface area contributed by atoms with Gasteiger partial charge < -0.3 is 10.1 Å². The summed E-state index contributed by atoms with van der Waals surface area (Å²) in [4.78, 5) is 29.9. The number of anilines is 1. The molecule has 1 aliphatic carbocycles. The Bertz CT molecular complexity index is 774. The van der Waals surface area contributed by atoms with Crippen LogP contribution in [0.3, 0.4) is 0 Å². The van der Waals surface area contributed by atoms with Crippen LogP contribution in [-0.4, -0.2) is 20.8 Å². The summed E-state index contributed by atoms with van der Waals surface area (Å²) >= 11 is 0. The second-order valence-electron chi connectivity index (χ2n) is 5.32. The van der Waals surface area contributed by atoms with Gasteiger partial charge >= 0.3 is 0 Å². The number of hydrogen-bond acceptors (Lipinski definition) is 6. The van der Waals surface area contributed by atoms with Crippen molar-refractivity contribution in [1.82, 2.24) is 9.97 Å². The van der Waals surface area contributed by atoms with Crippen molar-refractivity contribution in [2.24, 2.45) is 5.92 Å². The number of rotatable bonds is 5. The summed E-state index contributed by atoms with van der Waals surface area (Å²) in [6.07, 6.45) is 4.47. The molecular weight excluding hydrogens is 300 g/mol. The number of ether oxygens (including phenoxy) is 1. The van der Waals surface area contributed by atoms with E-state index < -0.39 is 4.92 Å². The maximum absolute atomic E-state index is 11.7. The lowest BCUT2D eigenvalue weighted by Gasteiger charge is -2.09. The van der Waals surface area contributed by atoms with Gasteiger partial charge in [-0.05, 0) is 25.8 Å². The molecule has 1 saturated carbocycles. The van der Waals surface area contributed by atoms with Crippen molar-refractivity contribution in [1.29, 1.82) is 0 Å². The van der Waals surface area contributed by atoms with Crippen LogP contribution in [0.1, 0.15) is 18.4 Å². The van der Waals surface area contributed by atoms with E-state index in [1.807, 2.05) is 0 Å². The van der Waals surface area contributed by atoms with Gasteiger partial charge in [-0.3, -0.25) is 14.9 Å². The topological polar surface area (TPSA) is 107 Å². The lowest BCUT2D eigenvalue weighted by molar-refractivity contribution is -0.385. The first-order valence-electron chi connectivity index (χ1n) is 7.09. The normalized spacial score (nSPS) is 13.4. The van der Waals surface area contributed by atoms with Crippen LogP contribution in [0.2, 0.25) is 0 Å². The van der Waals surface area contributed by atoms with Gasteiger partial charge in [0.2, 0.25) is 11.8 Å². The van der Waals surface area contributed by atoms with E-state index in [-0.39, 0.29) is 23.4 Å². The maximum Gasteiger partial charge on any atom is 0.288 e. The third kappa shape index (κ3) is 3.60. The third-order valence-corrected chi connectivity index (χ3v) is 3.37. The smallest absolute Gasteiger partial charge is 0.288 e. The molecule has 0 bridgehead atoms. The largest absolute Gasteiger partial charge is 0.439 e. The van der Waals surface area contributed by atoms with Gasteiger partial charge in [-0.15, -0.1) is 0 Å². The molecule has 1 amide bonds. The fourth-order valence-electron chi connectivity index (χ4n) is 1.98. The van der Waals surface area contributed by atoms with Crippen LogP contribution in [-0.2, 0) is 4.79 Å². The highest BCUT2D eigenvalue weighted by Crippen LogP contribution is 2.31. The van der Waals surface area contributed by atoms with E-state index in [9.17, 15) is 14.9 Å². The molecule has 8 nitrogen and oxygen atoms in total. The number of nitrogens with zero attached hydrogens (tertiary/aromatic N) is 3. The minimum absolute atomic E-state index is 0.0423. The minimum atomic E-state index is -0.512. The first-order valence-corrected chi connectivity index (χ1v) is 7.09. The molecule has 3 rings (SSSR count). The minimum Gasteiger partial charge on any atom is -0.439 e. The molecule has 0 saturated heterocycles. The fraction of sp³-hybridized carbons (Fsp3) is 0.267. The summed E-state index contributed by atoms with van der Waals surface area (Å²) in [6.45, 7) is 1.67. The highest BCUT2D eigenvalue weighted by Gasteiger charge is 2.29. The van der Waals surface area contributed by atoms with Crippen LogP contribution in [0.4, 0.5) is 11.5 Å². The predicted octanol–water partition coefficient (Wildman–Crippen LogP) is 2.83. The molecule has 2 heterocycles. The van der Waals surface area contributed by atoms with Crippen molar-refractivity contribution in [3.8, 4) is 11.6 Å². The number of nitrogens with one attached hydrogen (secondary N) is 1. The summed E-state index contributed by atoms with van der Waals surface area (Å²) in [6, 6.07) is 4.59. The second-order valence-corrected chi connectivity index (χ2v) is 5.32. The Hall–Kier alpha value is -3.03. The molecule has 0 aliphatic heterocycles. The van der Waals surface area contributed by atoms with Gasteiger partial charge in [0.05, 0.1) is 4.92 Å². The Morgan fingerprint density at radius 2 is 2.17 bits per heavy atom. The zero-order chi connectivity index (χ0) is 16.4. The van der Waals surface area contributed by atoms with Crippen LogP contribution in [0.25, 0.3) is 0 Å². The number of pyridine rings is 2. The SMILES string of the molecule is Cc1cc([N+](=O)[O-])cnc1Oc1ccnc(NC(=O)C2CC2)c1. The Labute approximate surface area is 131 Å². The molecule has 0 radical (unpaired) electrons. The molecule has 2 aromatic heterocycles. The lowest BCUT2D eigenvalue weighted by Crippen LogP contribution is -2.14. The van der Waals surface area contributed by atoms with Gasteiger partial charge in [0.15, 0.2) is 0 Å². The van der Waals surface area contributed by atoms with E-state index in [2.05, 4.69) is 15.3 Å². The molecule has 1 aliphatic rings. The highest BCUT2D eigenvalue weighted by molar-refractivity contribution is 5.93. The maximum atomic E-state index is 11.7. The quantitative estimate of drug-likeness (QED) is 0.671. The summed E-state index contributed by atoms with van der Waals surface area (Å²) in [5.74, 6) is 1.15. The summed E-state index contributed by atoms with van der Waals surface area (Å²) in [7, 11) is 0. The van der Waals surface area contributed by atoms with Gasteiger partial charge in [-0.1, -0.05) is 0 Å². The predicted molar refractivity (Wildman–Crippen MR) is 81.3 cm³/mol. The van der Waals surface area contributed by atoms with Crippen molar-refractivity contribution in [3.63, 3.8) is 0 Å². The summed E-state index contributed by atoms with van der Waals surface area (Å²) in [5.41, 5.74) is 0.446. The Kier molecular flexibility index (Phi) is 3.88. The average Bonchev–Trinajstić information content (AvgIpc) is 3.34. The molecule has 0 atom stereocenters. The monoisotopic (exact) mass is 314 g/mol. The first kappa shape index (κ1) is 14.9. The molecule has 8 heteroatoms. The van der Waals surface area contributed by atoms with Crippen LogP contribution in [0.15, 0.2) is 30.6 Å². The number of carbonyl (C=O) groups excluding carboxylic acids is 1. The van der Waals surface area contributed by atoms with Gasteiger partial charge in [0.25, 0.3) is 5.69 Å². The lowest BCUT2D eigenvalue weighted by atomic mass is 10.3. The second kappa shape index (κ2) is 5.99. The summed E-state index contributed by atoms with van der Waals surface area (Å²) in [5, 5.41) is 13.4. The van der Waals surface area contributed by atoms with Gasteiger partial charge in [-0.25, -0.2) is 9.97 Å². The average molecular weight is 314 g/mol. The van der Waals surface area contributed by atoms with Gasteiger partial charge in [0.1, 0.15) is 17.8 Å². The van der Waals surface area contributed by atoms with E-state index in [0.717, 1.165) is 19.0 Å². The molecule has 0 aromatic carbocycles. The molecule has 118 valence electrons. The van der Waals surface area contributed by atoms with E-state index in [0.29, 0.717) is 17.1 Å². The van der Waals surface area contributed by atoms with Gasteiger partial charge in [-0.2, -0.15) is 0 Å². The van der Waals surface area contributed by atoms with E-state index in [1.54, 1.807) is 19.1 Å². The van der Waals surface area contributed by atoms with Crippen molar-refractivity contribution in [2.45, 2.75) is 19.8 Å². The number of nitro groups is 1. The number of aromatic nitrogens is 2. The van der Waals surface area contributed by atoms with Crippen LogP contribution >= 0.6 is 0 Å². The van der Waals surface area contributed by atoms with Crippen molar-refractivity contribution in [2.75, 3.05) is 5.32 Å². The first-order chi connectivity index (χ1) is 11.0. The fourth-order valence-corrected chi connectivity index (χ4v) is 1.98. The molecule has 2 aromatic rings. The number of hydrogen-bond donors (Lipinski definition) is 1. The van der Waals surface area contributed by atoms with Crippen molar-refractivity contribution < 1.29 is 14.5 Å². The highest BCUT2D eigenvalue weighted by atomic mass is 16.6. The number of aryl methyl sites for hydroxylation is 1. The number of carbonyl (C=O) groups is 1. The van der Waals surface area contributed by atoms with E-state index in [1.165, 1.54) is 12.3 Å². The van der Waals surface area contributed by atoms with Crippen molar-refractivity contribution in [3.05, 3.63) is 46.3 Å². The van der Waals surface area contributed by atoms with E-state index >= 15 is 0 Å². The Morgan fingerprint density at radius 3 is 2.83 bits per heavy atom. The molecule has 1 N–H and O–H groups in total. The molecule has 23 heavy (non-hydrogen) atoms. The third-order valence-electron chi connectivity index (χ3n) is 3.37. The molecular formula is C15H14N4O4. The summed E-state index contributed by atoms with van der Waals surface area (Å²) < 4.78 is 5.62. The zero-order valence-electron chi connectivity index (χ0n) is 12.4. The van der Waals surface area contributed by atoms with Crippen LogP contribution < -0.4 is 10.1 Å². The number of amides is 1. The van der Waals surface area contributed by atoms with Crippen molar-refractivity contribution >= 4 is 17.4 Å². The molecule has 0 unspecified atom stereocenters. The standard InChI is InChI=1S/C15H14N4O4/c1-9-6-11(19(21)22)8-17-15(9)23-12-4-5-16-13(7-12)18-14(20)10-2-3-10/h4-8,10H,2-3H2,1H3,(H,16,18,20). The zero-order valence-corrected chi connectivity index (χ0v) is 12.4. The molecule has 1 fully saturated rings.